The van der Waals surface area contributed by atoms with E-state index in [4.69, 9.17) is 0 Å². The summed E-state index contributed by atoms with van der Waals surface area (Å²) in [4.78, 5) is 29.1. The molecule has 3 rings (SSSR count). The molecule has 1 amide bonds. The molecule has 0 fully saturated rings. The number of nitro groups is 1. The lowest BCUT2D eigenvalue weighted by Gasteiger charge is -2.21. The maximum atomic E-state index is 12.5. The molecule has 2 aromatic carbocycles. The van der Waals surface area contributed by atoms with Crippen LogP contribution in [0.4, 0.5) is 17.1 Å². The Morgan fingerprint density at radius 3 is 2.70 bits per heavy atom. The molecule has 7 heteroatoms. The Labute approximate surface area is 156 Å². The summed E-state index contributed by atoms with van der Waals surface area (Å²) in [6.45, 7) is 4.07. The van der Waals surface area contributed by atoms with Gasteiger partial charge in [-0.1, -0.05) is 12.1 Å². The van der Waals surface area contributed by atoms with Crippen LogP contribution in [0.1, 0.15) is 11.1 Å². The molecule has 0 bridgehead atoms. The van der Waals surface area contributed by atoms with E-state index in [9.17, 15) is 14.9 Å². The number of benzene rings is 2. The van der Waals surface area contributed by atoms with Gasteiger partial charge in [0.05, 0.1) is 16.9 Å². The maximum Gasteiger partial charge on any atom is 0.278 e. The van der Waals surface area contributed by atoms with Crippen molar-refractivity contribution < 1.29 is 9.72 Å². The van der Waals surface area contributed by atoms with Crippen LogP contribution in [-0.4, -0.2) is 29.4 Å². The van der Waals surface area contributed by atoms with Gasteiger partial charge in [-0.25, -0.2) is 0 Å². The van der Waals surface area contributed by atoms with E-state index in [0.29, 0.717) is 10.8 Å². The summed E-state index contributed by atoms with van der Waals surface area (Å²) in [5.41, 5.74) is 3.64. The van der Waals surface area contributed by atoms with E-state index in [0.717, 1.165) is 22.5 Å². The number of nitrogens with one attached hydrogen (secondary N) is 1. The van der Waals surface area contributed by atoms with Gasteiger partial charge in [-0.3, -0.25) is 19.9 Å². The first-order chi connectivity index (χ1) is 12.9. The molecule has 1 aromatic heterocycles. The lowest BCUT2D eigenvalue weighted by molar-refractivity contribution is -0.383. The summed E-state index contributed by atoms with van der Waals surface area (Å²) in [6, 6.07) is 10.6. The van der Waals surface area contributed by atoms with Crippen LogP contribution in [0, 0.1) is 24.0 Å². The molecule has 7 nitrogen and oxygen atoms in total. The van der Waals surface area contributed by atoms with Crippen molar-refractivity contribution in [2.75, 3.05) is 23.8 Å². The molecule has 1 N–H and O–H groups in total. The van der Waals surface area contributed by atoms with Crippen LogP contribution in [0.2, 0.25) is 0 Å². The zero-order valence-electron chi connectivity index (χ0n) is 15.4. The number of nitro benzene ring substituents is 1. The molecule has 0 saturated heterocycles. The third-order valence-corrected chi connectivity index (χ3v) is 4.64. The lowest BCUT2D eigenvalue weighted by atomic mass is 10.1. The molecule has 0 radical (unpaired) electrons. The molecule has 0 aliphatic heterocycles. The van der Waals surface area contributed by atoms with Crippen molar-refractivity contribution in [3.63, 3.8) is 0 Å². The van der Waals surface area contributed by atoms with E-state index in [1.807, 2.05) is 32.0 Å². The van der Waals surface area contributed by atoms with E-state index >= 15 is 0 Å². The monoisotopic (exact) mass is 364 g/mol. The first-order valence-corrected chi connectivity index (χ1v) is 8.47. The van der Waals surface area contributed by atoms with Gasteiger partial charge in [0.25, 0.3) is 5.69 Å². The van der Waals surface area contributed by atoms with Gasteiger partial charge in [0.1, 0.15) is 0 Å². The van der Waals surface area contributed by atoms with Gasteiger partial charge in [0, 0.05) is 42.3 Å². The van der Waals surface area contributed by atoms with Crippen LogP contribution in [0.15, 0.2) is 48.8 Å². The number of aryl methyl sites for hydroxylation is 1. The second-order valence-electron chi connectivity index (χ2n) is 6.43. The number of fused-ring (bicyclic) bond motifs is 1. The summed E-state index contributed by atoms with van der Waals surface area (Å²) < 4.78 is 0. The Bertz CT molecular complexity index is 1030. The van der Waals surface area contributed by atoms with Gasteiger partial charge in [-0.15, -0.1) is 0 Å². The zero-order valence-corrected chi connectivity index (χ0v) is 15.4. The van der Waals surface area contributed by atoms with Crippen molar-refractivity contribution in [3.8, 4) is 0 Å². The quantitative estimate of drug-likeness (QED) is 0.549. The summed E-state index contributed by atoms with van der Waals surface area (Å²) in [5, 5.41) is 15.3. The van der Waals surface area contributed by atoms with E-state index < -0.39 is 4.92 Å². The fourth-order valence-corrected chi connectivity index (χ4v) is 3.03. The number of likely N-dealkylation sites (N-methyl/N-ethyl adjacent to an activating group) is 1. The molecule has 138 valence electrons. The Hall–Kier alpha value is -3.48. The number of anilines is 2. The van der Waals surface area contributed by atoms with Crippen molar-refractivity contribution >= 4 is 33.7 Å². The number of nitrogens with zero attached hydrogens (tertiary/aromatic N) is 3. The second-order valence-corrected chi connectivity index (χ2v) is 6.43. The predicted molar refractivity (Wildman–Crippen MR) is 106 cm³/mol. The van der Waals surface area contributed by atoms with Crippen molar-refractivity contribution in [2.24, 2.45) is 0 Å². The predicted octanol–water partition coefficient (Wildman–Crippen LogP) is 3.83. The Balaban J connectivity index is 1.85. The normalized spacial score (nSPS) is 10.6. The lowest BCUT2D eigenvalue weighted by Crippen LogP contribution is -2.30. The minimum atomic E-state index is -0.430. The summed E-state index contributed by atoms with van der Waals surface area (Å²) in [7, 11) is 1.78. The van der Waals surface area contributed by atoms with Crippen LogP contribution in [0.3, 0.4) is 0 Å². The number of carbonyl (C=O) groups excluding carboxylic acids is 1. The van der Waals surface area contributed by atoms with Gasteiger partial charge in [-0.2, -0.15) is 0 Å². The minimum absolute atomic E-state index is 0.00455. The molecule has 0 unspecified atom stereocenters. The highest BCUT2D eigenvalue weighted by molar-refractivity contribution is 6.01. The summed E-state index contributed by atoms with van der Waals surface area (Å²) >= 11 is 0. The molecular formula is C20H20N4O3. The largest absolute Gasteiger partial charge is 0.365 e. The molecule has 0 aliphatic carbocycles. The highest BCUT2D eigenvalue weighted by Gasteiger charge is 2.17. The van der Waals surface area contributed by atoms with Crippen molar-refractivity contribution in [3.05, 3.63) is 70.0 Å². The number of rotatable bonds is 5. The third-order valence-electron chi connectivity index (χ3n) is 4.64. The van der Waals surface area contributed by atoms with Crippen molar-refractivity contribution in [1.82, 2.24) is 4.98 Å². The van der Waals surface area contributed by atoms with Gasteiger partial charge in [-0.05, 0) is 43.2 Å². The smallest absolute Gasteiger partial charge is 0.278 e. The standard InChI is InChI=1S/C20H20N4O3/c1-13-5-4-6-17(14(13)2)22-20(25)12-23(3)18-7-8-19(24(26)27)16-11-21-10-9-15(16)18/h4-11H,12H2,1-3H3,(H,22,25). The number of carbonyl (C=O) groups is 1. The average molecular weight is 364 g/mol. The molecule has 0 aliphatic rings. The van der Waals surface area contributed by atoms with Crippen LogP contribution in [0.5, 0.6) is 0 Å². The van der Waals surface area contributed by atoms with E-state index in [2.05, 4.69) is 10.3 Å². The maximum absolute atomic E-state index is 12.5. The second kappa shape index (κ2) is 7.41. The number of hydrogen-bond acceptors (Lipinski definition) is 5. The Kier molecular flexibility index (Phi) is 5.03. The number of pyridine rings is 1. The molecule has 27 heavy (non-hydrogen) atoms. The topological polar surface area (TPSA) is 88.4 Å². The van der Waals surface area contributed by atoms with Crippen LogP contribution >= 0.6 is 0 Å². The third kappa shape index (κ3) is 3.72. The summed E-state index contributed by atoms with van der Waals surface area (Å²) in [6.07, 6.45) is 3.06. The summed E-state index contributed by atoms with van der Waals surface area (Å²) in [5.74, 6) is -0.160. The number of non-ortho nitro benzene ring substituents is 1. The van der Waals surface area contributed by atoms with Crippen LogP contribution < -0.4 is 10.2 Å². The van der Waals surface area contributed by atoms with Crippen LogP contribution in [0.25, 0.3) is 10.8 Å². The van der Waals surface area contributed by atoms with Gasteiger partial charge in [0.2, 0.25) is 5.91 Å². The molecule has 0 atom stereocenters. The van der Waals surface area contributed by atoms with Gasteiger partial charge >= 0.3 is 0 Å². The Morgan fingerprint density at radius 1 is 1.19 bits per heavy atom. The first kappa shape index (κ1) is 18.3. The average Bonchev–Trinajstić information content (AvgIpc) is 2.64. The fraction of sp³-hybridized carbons (Fsp3) is 0.200. The van der Waals surface area contributed by atoms with E-state index in [1.165, 1.54) is 12.3 Å². The fourth-order valence-electron chi connectivity index (χ4n) is 3.03. The van der Waals surface area contributed by atoms with E-state index in [1.54, 1.807) is 30.3 Å². The van der Waals surface area contributed by atoms with Gasteiger partial charge in [0.15, 0.2) is 0 Å². The van der Waals surface area contributed by atoms with Gasteiger partial charge < -0.3 is 10.2 Å². The highest BCUT2D eigenvalue weighted by Crippen LogP contribution is 2.32. The minimum Gasteiger partial charge on any atom is -0.365 e. The Morgan fingerprint density at radius 2 is 1.96 bits per heavy atom. The molecule has 3 aromatic rings. The van der Waals surface area contributed by atoms with Crippen molar-refractivity contribution in [2.45, 2.75) is 13.8 Å². The molecule has 1 heterocycles. The zero-order chi connectivity index (χ0) is 19.6. The molecule has 0 saturated carbocycles. The first-order valence-electron chi connectivity index (χ1n) is 8.47. The van der Waals surface area contributed by atoms with E-state index in [-0.39, 0.29) is 18.1 Å². The molecule has 0 spiro atoms. The molecular weight excluding hydrogens is 344 g/mol. The number of aromatic nitrogens is 1. The SMILES string of the molecule is Cc1cccc(NC(=O)CN(C)c2ccc([N+](=O)[O-])c3cnccc23)c1C. The highest BCUT2D eigenvalue weighted by atomic mass is 16.6. The van der Waals surface area contributed by atoms with Crippen molar-refractivity contribution in [1.29, 1.82) is 0 Å². The number of hydrogen-bond donors (Lipinski definition) is 1. The number of amides is 1. The van der Waals surface area contributed by atoms with Crippen LogP contribution in [-0.2, 0) is 4.79 Å².